The van der Waals surface area contributed by atoms with Crippen molar-refractivity contribution in [3.63, 3.8) is 0 Å². The number of halogens is 1. The van der Waals surface area contributed by atoms with Crippen LogP contribution in [0.1, 0.15) is 17.6 Å². The molecule has 36 heavy (non-hydrogen) atoms. The quantitative estimate of drug-likeness (QED) is 0.293. The zero-order chi connectivity index (χ0) is 27.3. The van der Waals surface area contributed by atoms with Crippen molar-refractivity contribution in [2.45, 2.75) is 12.6 Å². The third-order valence-electron chi connectivity index (χ3n) is 4.30. The molecule has 194 valence electrons. The van der Waals surface area contributed by atoms with Crippen molar-refractivity contribution in [1.29, 1.82) is 0 Å². The Bertz CT molecular complexity index is 1090. The molecule has 0 saturated carbocycles. The highest BCUT2D eigenvalue weighted by atomic mass is 19.1. The molecule has 13 heteroatoms. The Hall–Kier alpha value is -4.49. The lowest BCUT2D eigenvalue weighted by molar-refractivity contribution is -0.159. The molecule has 3 rings (SSSR count). The molecule has 0 saturated heterocycles. The van der Waals surface area contributed by atoms with E-state index in [0.717, 1.165) is 18.1 Å². The Morgan fingerprint density at radius 2 is 1.47 bits per heavy atom. The maximum atomic E-state index is 13.8. The molecule has 2 aromatic heterocycles. The van der Waals surface area contributed by atoms with Crippen LogP contribution in [0.25, 0.3) is 11.3 Å². The molecule has 0 fully saturated rings. The van der Waals surface area contributed by atoms with Crippen LogP contribution in [-0.4, -0.2) is 69.8 Å². The Morgan fingerprint density at radius 1 is 0.889 bits per heavy atom. The number of carbonyl (C=O) groups is 4. The molecule has 0 bridgehead atoms. The van der Waals surface area contributed by atoms with Crippen LogP contribution in [0, 0.1) is 5.82 Å². The largest absolute Gasteiger partial charge is 0.473 e. The van der Waals surface area contributed by atoms with Crippen molar-refractivity contribution in [2.24, 2.45) is 0 Å². The molecule has 0 amide bonds. The van der Waals surface area contributed by atoms with E-state index in [1.54, 1.807) is 30.5 Å². The van der Waals surface area contributed by atoms with Crippen LogP contribution in [0.4, 0.5) is 4.39 Å². The van der Waals surface area contributed by atoms with Crippen molar-refractivity contribution in [3.8, 4) is 11.3 Å². The van der Waals surface area contributed by atoms with E-state index in [1.807, 2.05) is 32.3 Å². The van der Waals surface area contributed by atoms with E-state index in [1.165, 1.54) is 6.07 Å². The van der Waals surface area contributed by atoms with E-state index < -0.39 is 23.9 Å². The summed E-state index contributed by atoms with van der Waals surface area (Å²) in [4.78, 5) is 38.5. The smallest absolute Gasteiger partial charge is 0.414 e. The summed E-state index contributed by atoms with van der Waals surface area (Å²) < 4.78 is 25.0. The van der Waals surface area contributed by atoms with Crippen molar-refractivity contribution in [3.05, 3.63) is 72.1 Å². The molecule has 12 nitrogen and oxygen atoms in total. The second-order valence-electron chi connectivity index (χ2n) is 7.09. The lowest BCUT2D eigenvalue weighted by Gasteiger charge is -2.22. The van der Waals surface area contributed by atoms with Crippen molar-refractivity contribution in [1.82, 2.24) is 10.2 Å². The number of aliphatic carboxylic acids is 4. The molecule has 0 spiro atoms. The molecule has 1 aromatic carbocycles. The van der Waals surface area contributed by atoms with Crippen LogP contribution in [0.3, 0.4) is 0 Å². The van der Waals surface area contributed by atoms with Gasteiger partial charge in [0.25, 0.3) is 0 Å². The fourth-order valence-corrected chi connectivity index (χ4v) is 2.63. The Labute approximate surface area is 204 Å². The minimum atomic E-state index is -1.82. The van der Waals surface area contributed by atoms with Crippen LogP contribution >= 0.6 is 0 Å². The molecular weight excluding hydrogens is 483 g/mol. The fourth-order valence-electron chi connectivity index (χ4n) is 2.63. The average Bonchev–Trinajstić information content (AvgIpc) is 3.50. The van der Waals surface area contributed by atoms with Crippen LogP contribution in [0.5, 0.6) is 0 Å². The third-order valence-corrected chi connectivity index (χ3v) is 4.30. The number of rotatable bonds is 7. The van der Waals surface area contributed by atoms with Gasteiger partial charge in [-0.1, -0.05) is 12.1 Å². The molecule has 2 heterocycles. The van der Waals surface area contributed by atoms with Gasteiger partial charge in [-0.3, -0.25) is 4.90 Å². The molecule has 1 atom stereocenters. The number of nitrogens with one attached hydrogen (secondary N) is 1. The van der Waals surface area contributed by atoms with Crippen LogP contribution in [0.2, 0.25) is 0 Å². The Morgan fingerprint density at radius 3 is 1.94 bits per heavy atom. The summed E-state index contributed by atoms with van der Waals surface area (Å²) in [5, 5.41) is 32.9. The zero-order valence-electron chi connectivity index (χ0n) is 19.3. The summed E-state index contributed by atoms with van der Waals surface area (Å²) in [6, 6.07) is 14.3. The van der Waals surface area contributed by atoms with Gasteiger partial charge in [0.2, 0.25) is 0 Å². The highest BCUT2D eigenvalue weighted by Gasteiger charge is 2.17. The van der Waals surface area contributed by atoms with E-state index >= 15 is 0 Å². The van der Waals surface area contributed by atoms with Crippen molar-refractivity contribution in [2.75, 3.05) is 20.6 Å². The predicted molar refractivity (Wildman–Crippen MR) is 121 cm³/mol. The number of carboxylic acid groups (broad SMARTS) is 4. The first kappa shape index (κ1) is 29.5. The van der Waals surface area contributed by atoms with Crippen molar-refractivity contribution >= 4 is 23.9 Å². The highest BCUT2D eigenvalue weighted by molar-refractivity contribution is 6.27. The Kier molecular flexibility index (Phi) is 12.1. The van der Waals surface area contributed by atoms with E-state index in [2.05, 4.69) is 10.2 Å². The minimum Gasteiger partial charge on any atom is -0.473 e. The third kappa shape index (κ3) is 10.2. The molecule has 0 radical (unpaired) electrons. The van der Waals surface area contributed by atoms with Crippen molar-refractivity contribution < 1.29 is 52.8 Å². The number of carboxylic acids is 4. The summed E-state index contributed by atoms with van der Waals surface area (Å²) in [6.07, 6.45) is 1.68. The first-order chi connectivity index (χ1) is 16.9. The van der Waals surface area contributed by atoms with Crippen LogP contribution in [-0.2, 0) is 25.7 Å². The summed E-state index contributed by atoms with van der Waals surface area (Å²) in [5.74, 6) is -5.35. The van der Waals surface area contributed by atoms with Gasteiger partial charge in [-0.05, 0) is 50.5 Å². The maximum absolute atomic E-state index is 13.8. The van der Waals surface area contributed by atoms with Gasteiger partial charge < -0.3 is 34.6 Å². The second kappa shape index (κ2) is 14.7. The molecule has 5 N–H and O–H groups in total. The molecule has 3 aromatic rings. The van der Waals surface area contributed by atoms with Gasteiger partial charge in [-0.25, -0.2) is 23.6 Å². The first-order valence-corrected chi connectivity index (χ1v) is 10.1. The molecular formula is C23H25FN2O10. The number of likely N-dealkylation sites (N-methyl/N-ethyl adjacent to an activating group) is 1. The molecule has 0 aliphatic rings. The van der Waals surface area contributed by atoms with Gasteiger partial charge in [0.1, 0.15) is 23.1 Å². The van der Waals surface area contributed by atoms with E-state index in [9.17, 15) is 4.39 Å². The summed E-state index contributed by atoms with van der Waals surface area (Å²) in [7, 11) is 4.02. The lowest BCUT2D eigenvalue weighted by Crippen LogP contribution is -2.30. The SMILES string of the molecule is CN(C)C(CNCc1ccc(-c2ccccc2F)o1)c1ccco1.O=C(O)C(=O)O.O=C(O)C(=O)O. The summed E-state index contributed by atoms with van der Waals surface area (Å²) >= 11 is 0. The summed E-state index contributed by atoms with van der Waals surface area (Å²) in [6.45, 7) is 1.29. The fraction of sp³-hybridized carbons (Fsp3) is 0.217. The molecule has 0 aliphatic heterocycles. The normalized spacial score (nSPS) is 10.9. The van der Waals surface area contributed by atoms with Gasteiger partial charge in [0.15, 0.2) is 0 Å². The number of benzene rings is 1. The number of nitrogens with zero attached hydrogens (tertiary/aromatic N) is 1. The lowest BCUT2D eigenvalue weighted by atomic mass is 10.1. The van der Waals surface area contributed by atoms with Crippen LogP contribution < -0.4 is 5.32 Å². The predicted octanol–water partition coefficient (Wildman–Crippen LogP) is 2.38. The molecule has 1 unspecified atom stereocenters. The van der Waals surface area contributed by atoms with Gasteiger partial charge in [-0.2, -0.15) is 0 Å². The molecule has 0 aliphatic carbocycles. The average molecular weight is 508 g/mol. The minimum absolute atomic E-state index is 0.140. The van der Waals surface area contributed by atoms with Gasteiger partial charge >= 0.3 is 23.9 Å². The maximum Gasteiger partial charge on any atom is 0.414 e. The zero-order valence-corrected chi connectivity index (χ0v) is 19.3. The topological polar surface area (TPSA) is 191 Å². The van der Waals surface area contributed by atoms with Gasteiger partial charge in [0, 0.05) is 6.54 Å². The second-order valence-corrected chi connectivity index (χ2v) is 7.09. The van der Waals surface area contributed by atoms with E-state index in [0.29, 0.717) is 17.9 Å². The van der Waals surface area contributed by atoms with Gasteiger partial charge in [-0.15, -0.1) is 0 Å². The number of furan rings is 2. The van der Waals surface area contributed by atoms with E-state index in [4.69, 9.17) is 48.4 Å². The standard InChI is InChI=1S/C19H21FN2O2.2C2H2O4/c1-22(2)17(19-8-5-11-23-19)13-21-12-14-9-10-18(24-14)15-6-3-4-7-16(15)20;2*3-1(4)2(5)6/h3-11,17,21H,12-13H2,1-2H3;2*(H,3,4)(H,5,6). The van der Waals surface area contributed by atoms with E-state index in [-0.39, 0.29) is 11.9 Å². The van der Waals surface area contributed by atoms with Gasteiger partial charge in [0.05, 0.1) is 24.4 Å². The summed E-state index contributed by atoms with van der Waals surface area (Å²) in [5.41, 5.74) is 0.477. The van der Waals surface area contributed by atoms with Crippen LogP contribution in [0.15, 0.2) is 63.6 Å². The number of hydrogen-bond acceptors (Lipinski definition) is 8. The first-order valence-electron chi connectivity index (χ1n) is 10.1. The monoisotopic (exact) mass is 508 g/mol. The Balaban J connectivity index is 0.000000450. The number of hydrogen-bond donors (Lipinski definition) is 5. The highest BCUT2D eigenvalue weighted by Crippen LogP contribution is 2.25.